The number of aryl methyl sites for hydroxylation is 1. The van der Waals surface area contributed by atoms with E-state index in [1.54, 1.807) is 24.3 Å². The second kappa shape index (κ2) is 9.91. The van der Waals surface area contributed by atoms with Crippen molar-refractivity contribution < 1.29 is 9.18 Å². The number of carbonyl (C=O) groups excluding carboxylic acids is 1. The van der Waals surface area contributed by atoms with Crippen LogP contribution in [-0.2, 0) is 4.79 Å². The number of likely N-dealkylation sites (N-methyl/N-ethyl adjacent to an activating group) is 1. The summed E-state index contributed by atoms with van der Waals surface area (Å²) < 4.78 is 13.7. The van der Waals surface area contributed by atoms with Gasteiger partial charge in [0.05, 0.1) is 0 Å². The molecule has 3 aromatic rings. The van der Waals surface area contributed by atoms with Gasteiger partial charge < -0.3 is 9.80 Å². The normalized spacial score (nSPS) is 19.9. The van der Waals surface area contributed by atoms with Gasteiger partial charge in [-0.25, -0.2) is 4.39 Å². The van der Waals surface area contributed by atoms with E-state index in [4.69, 9.17) is 11.6 Å². The third-order valence-electron chi connectivity index (χ3n) is 6.74. The summed E-state index contributed by atoms with van der Waals surface area (Å²) in [4.78, 5) is 18.5. The molecule has 3 aromatic carbocycles. The van der Waals surface area contributed by atoms with Gasteiger partial charge in [-0.05, 0) is 80.0 Å². The molecule has 0 radical (unpaired) electrons. The van der Waals surface area contributed by atoms with Crippen LogP contribution in [0.5, 0.6) is 0 Å². The Morgan fingerprint density at radius 3 is 2.47 bits per heavy atom. The first kappa shape index (κ1) is 24.5. The predicted octanol–water partition coefficient (Wildman–Crippen LogP) is 6.58. The topological polar surface area (TPSA) is 23.6 Å². The zero-order chi connectivity index (χ0) is 23.1. The van der Waals surface area contributed by atoms with Gasteiger partial charge in [0.1, 0.15) is 5.82 Å². The van der Waals surface area contributed by atoms with Crippen LogP contribution in [0.1, 0.15) is 34.6 Å². The largest absolute Gasteiger partial charge is 0.306 e. The lowest BCUT2D eigenvalue weighted by Gasteiger charge is -2.36. The Kier molecular flexibility index (Phi) is 7.13. The van der Waals surface area contributed by atoms with Crippen LogP contribution in [0.3, 0.4) is 0 Å². The van der Waals surface area contributed by atoms with Gasteiger partial charge in [-0.3, -0.25) is 4.79 Å². The summed E-state index contributed by atoms with van der Waals surface area (Å²) in [6.45, 7) is 3.97. The summed E-state index contributed by atoms with van der Waals surface area (Å²) in [6, 6.07) is 20.0. The lowest BCUT2D eigenvalue weighted by atomic mass is 9.88. The Morgan fingerprint density at radius 1 is 1.06 bits per heavy atom. The summed E-state index contributed by atoms with van der Waals surface area (Å²) in [7, 11) is 2.14. The first-order valence-electron chi connectivity index (χ1n) is 11.3. The van der Waals surface area contributed by atoms with Gasteiger partial charge >= 0.3 is 0 Å². The number of likely N-dealkylation sites (tertiary alicyclic amines) is 1. The number of hydrogen-bond donors (Lipinski definition) is 0. The van der Waals surface area contributed by atoms with Crippen molar-refractivity contribution in [2.45, 2.75) is 25.3 Å². The molecule has 34 heavy (non-hydrogen) atoms. The molecule has 0 aromatic heterocycles. The quantitative estimate of drug-likeness (QED) is 0.301. The zero-order valence-electron chi connectivity index (χ0n) is 19.2. The summed E-state index contributed by atoms with van der Waals surface area (Å²) >= 11 is 6.06. The molecule has 0 spiro atoms. The van der Waals surface area contributed by atoms with Gasteiger partial charge in [0.25, 0.3) is 5.91 Å². The molecule has 0 aliphatic carbocycles. The van der Waals surface area contributed by atoms with E-state index in [1.807, 2.05) is 23.1 Å². The fourth-order valence-electron chi connectivity index (χ4n) is 5.10. The number of fused-ring (bicyclic) bond motifs is 3. The minimum absolute atomic E-state index is 0. The number of anilines is 1. The Balaban J connectivity index is 0.00000274. The van der Waals surface area contributed by atoms with E-state index in [2.05, 4.69) is 37.1 Å². The van der Waals surface area contributed by atoms with Crippen molar-refractivity contribution in [1.82, 2.24) is 4.90 Å². The molecular weight excluding hydrogens is 470 g/mol. The molecule has 3 nitrogen and oxygen atoms in total. The average Bonchev–Trinajstić information content (AvgIpc) is 3.12. The lowest BCUT2D eigenvalue weighted by Crippen LogP contribution is -2.47. The van der Waals surface area contributed by atoms with Gasteiger partial charge in [-0.2, -0.15) is 0 Å². The molecule has 0 bridgehead atoms. The van der Waals surface area contributed by atoms with E-state index in [1.165, 1.54) is 23.3 Å². The number of carbonyl (C=O) groups is 1. The molecular formula is C28H27Cl2FN2O. The van der Waals surface area contributed by atoms with Crippen molar-refractivity contribution in [3.05, 3.63) is 99.8 Å². The molecule has 5 rings (SSSR count). The molecule has 6 heteroatoms. The molecule has 2 aliphatic rings. The summed E-state index contributed by atoms with van der Waals surface area (Å²) in [5.41, 5.74) is 5.54. The maximum Gasteiger partial charge on any atom is 0.259 e. The monoisotopic (exact) mass is 496 g/mol. The lowest BCUT2D eigenvalue weighted by molar-refractivity contribution is -0.113. The van der Waals surface area contributed by atoms with Crippen LogP contribution >= 0.6 is 24.0 Å². The highest BCUT2D eigenvalue weighted by Crippen LogP contribution is 2.46. The number of nitrogens with zero attached hydrogens (tertiary/aromatic N) is 2. The highest BCUT2D eigenvalue weighted by atomic mass is 35.5. The number of halogens is 3. The number of hydrogen-bond acceptors (Lipinski definition) is 2. The standard InChI is InChI=1S/C28H26ClFN2O.ClH/c1-18-3-12-26-24(15-18)25-17-31(2)14-13-27(25)32(26)28(33)23(20-6-10-22(30)11-7-20)16-19-4-8-21(29)9-5-19;/h3-12,15-16,25,27H,13-14,17H2,1-2H3;1H/b23-16-;. The smallest absolute Gasteiger partial charge is 0.259 e. The summed E-state index contributed by atoms with van der Waals surface area (Å²) in [5.74, 6) is -0.0965. The van der Waals surface area contributed by atoms with Crippen LogP contribution < -0.4 is 4.90 Å². The number of piperidine rings is 1. The van der Waals surface area contributed by atoms with E-state index in [0.717, 1.165) is 30.8 Å². The fraction of sp³-hybridized carbons (Fsp3) is 0.250. The molecule has 2 heterocycles. The van der Waals surface area contributed by atoms with Gasteiger partial charge in [0.2, 0.25) is 0 Å². The van der Waals surface area contributed by atoms with Gasteiger partial charge in [-0.15, -0.1) is 12.4 Å². The van der Waals surface area contributed by atoms with Crippen molar-refractivity contribution in [3.8, 4) is 0 Å². The van der Waals surface area contributed by atoms with Crippen molar-refractivity contribution in [1.29, 1.82) is 0 Å². The number of amides is 1. The highest BCUT2D eigenvalue weighted by Gasteiger charge is 2.44. The zero-order valence-corrected chi connectivity index (χ0v) is 20.7. The van der Waals surface area contributed by atoms with E-state index in [9.17, 15) is 9.18 Å². The molecule has 2 unspecified atom stereocenters. The van der Waals surface area contributed by atoms with Crippen LogP contribution in [0.15, 0.2) is 66.7 Å². The van der Waals surface area contributed by atoms with E-state index in [-0.39, 0.29) is 36.1 Å². The van der Waals surface area contributed by atoms with E-state index < -0.39 is 0 Å². The Bertz CT molecular complexity index is 1220. The second-order valence-electron chi connectivity index (χ2n) is 9.08. The summed E-state index contributed by atoms with van der Waals surface area (Å²) in [6.07, 6.45) is 2.79. The van der Waals surface area contributed by atoms with Crippen molar-refractivity contribution in [2.75, 3.05) is 25.0 Å². The number of rotatable bonds is 3. The first-order chi connectivity index (χ1) is 15.9. The van der Waals surface area contributed by atoms with Crippen LogP contribution in [0.4, 0.5) is 10.1 Å². The minimum atomic E-state index is -0.325. The molecule has 2 atom stereocenters. The van der Waals surface area contributed by atoms with Crippen LogP contribution in [0.25, 0.3) is 11.6 Å². The second-order valence-corrected chi connectivity index (χ2v) is 9.52. The third-order valence-corrected chi connectivity index (χ3v) is 6.99. The molecule has 0 saturated carbocycles. The van der Waals surface area contributed by atoms with Crippen LogP contribution in [0.2, 0.25) is 5.02 Å². The third kappa shape index (κ3) is 4.63. The maximum absolute atomic E-state index is 14.2. The van der Waals surface area contributed by atoms with E-state index >= 15 is 0 Å². The van der Waals surface area contributed by atoms with Crippen LogP contribution in [-0.4, -0.2) is 37.0 Å². The van der Waals surface area contributed by atoms with Crippen molar-refractivity contribution >= 4 is 47.3 Å². The maximum atomic E-state index is 14.2. The minimum Gasteiger partial charge on any atom is -0.306 e. The highest BCUT2D eigenvalue weighted by molar-refractivity contribution is 6.31. The summed E-state index contributed by atoms with van der Waals surface area (Å²) in [5, 5.41) is 0.639. The average molecular weight is 497 g/mol. The molecule has 0 N–H and O–H groups in total. The predicted molar refractivity (Wildman–Crippen MR) is 140 cm³/mol. The van der Waals surface area contributed by atoms with E-state index in [0.29, 0.717) is 16.2 Å². The Morgan fingerprint density at radius 2 is 1.76 bits per heavy atom. The molecule has 176 valence electrons. The first-order valence-corrected chi connectivity index (χ1v) is 11.6. The molecule has 1 saturated heterocycles. The molecule has 2 aliphatic heterocycles. The Hall–Kier alpha value is -2.66. The molecule has 1 fully saturated rings. The SMILES string of the molecule is Cc1ccc2c(c1)C1CN(C)CCC1N2C(=O)/C(=C\c1ccc(Cl)cc1)c1ccc(F)cc1.Cl. The fourth-order valence-corrected chi connectivity index (χ4v) is 5.23. The number of benzene rings is 3. The Labute approximate surface area is 211 Å². The van der Waals surface area contributed by atoms with Gasteiger partial charge in [0, 0.05) is 34.8 Å². The van der Waals surface area contributed by atoms with Crippen molar-refractivity contribution in [3.63, 3.8) is 0 Å². The van der Waals surface area contributed by atoms with Gasteiger partial charge in [-0.1, -0.05) is 53.6 Å². The van der Waals surface area contributed by atoms with Gasteiger partial charge in [0.15, 0.2) is 0 Å². The molecule has 1 amide bonds. The van der Waals surface area contributed by atoms with Crippen LogP contribution in [0, 0.1) is 12.7 Å². The van der Waals surface area contributed by atoms with Crippen molar-refractivity contribution in [2.24, 2.45) is 0 Å².